The van der Waals surface area contributed by atoms with Crippen LogP contribution >= 0.6 is 22.6 Å². The van der Waals surface area contributed by atoms with Gasteiger partial charge in [0.25, 0.3) is 5.91 Å². The van der Waals surface area contributed by atoms with E-state index in [9.17, 15) is 18.0 Å². The van der Waals surface area contributed by atoms with Gasteiger partial charge in [-0.25, -0.2) is 0 Å². The van der Waals surface area contributed by atoms with Crippen molar-refractivity contribution in [2.75, 3.05) is 6.54 Å². The van der Waals surface area contributed by atoms with Crippen molar-refractivity contribution in [2.45, 2.75) is 6.18 Å². The number of halogens is 4. The molecule has 0 fully saturated rings. The third-order valence-electron chi connectivity index (χ3n) is 1.56. The molecule has 1 N–H and O–H groups in total. The van der Waals surface area contributed by atoms with E-state index in [1.807, 2.05) is 22.6 Å². The number of hydrogen-bond donors (Lipinski definition) is 1. The fourth-order valence-corrected chi connectivity index (χ4v) is 1.24. The molecule has 0 aliphatic rings. The zero-order valence-corrected chi connectivity index (χ0v) is 9.59. The number of carbonyl (C=O) groups is 1. The number of nitrogens with one attached hydrogen (secondary N) is 1. The lowest BCUT2D eigenvalue weighted by Gasteiger charge is -2.08. The van der Waals surface area contributed by atoms with Crippen molar-refractivity contribution in [2.24, 2.45) is 0 Å². The summed E-state index contributed by atoms with van der Waals surface area (Å²) in [6.07, 6.45) is -4.38. The van der Waals surface area contributed by atoms with Crippen molar-refractivity contribution in [3.05, 3.63) is 33.4 Å². The van der Waals surface area contributed by atoms with Crippen molar-refractivity contribution in [1.82, 2.24) is 5.32 Å². The van der Waals surface area contributed by atoms with Gasteiger partial charge in [-0.05, 0) is 46.9 Å². The minimum Gasteiger partial charge on any atom is -0.343 e. The van der Waals surface area contributed by atoms with Gasteiger partial charge >= 0.3 is 6.18 Å². The van der Waals surface area contributed by atoms with Crippen LogP contribution in [0.1, 0.15) is 10.4 Å². The maximum absolute atomic E-state index is 11.8. The van der Waals surface area contributed by atoms with E-state index in [0.717, 1.165) is 3.57 Å². The Morgan fingerprint density at radius 3 is 2.27 bits per heavy atom. The average Bonchev–Trinajstić information content (AvgIpc) is 2.14. The Labute approximate surface area is 98.0 Å². The molecule has 0 aromatic heterocycles. The van der Waals surface area contributed by atoms with Crippen LogP contribution in [0.25, 0.3) is 0 Å². The Morgan fingerprint density at radius 1 is 1.27 bits per heavy atom. The first kappa shape index (κ1) is 12.3. The van der Waals surface area contributed by atoms with Crippen molar-refractivity contribution in [3.8, 4) is 0 Å². The number of alkyl halides is 3. The van der Waals surface area contributed by atoms with Gasteiger partial charge in [0.05, 0.1) is 0 Å². The van der Waals surface area contributed by atoms with Crippen molar-refractivity contribution in [3.63, 3.8) is 0 Å². The minimum atomic E-state index is -4.38. The Bertz CT molecular complexity index is 347. The van der Waals surface area contributed by atoms with E-state index in [0.29, 0.717) is 0 Å². The molecule has 1 aromatic rings. The summed E-state index contributed by atoms with van der Waals surface area (Å²) in [6, 6.07) is 6.27. The van der Waals surface area contributed by atoms with Crippen LogP contribution in [0.4, 0.5) is 13.2 Å². The highest BCUT2D eigenvalue weighted by atomic mass is 127. The summed E-state index contributed by atoms with van der Waals surface area (Å²) < 4.78 is 36.3. The first-order chi connectivity index (χ1) is 6.88. The van der Waals surface area contributed by atoms with Gasteiger partial charge in [-0.1, -0.05) is 0 Å². The van der Waals surface area contributed by atoms with Gasteiger partial charge in [0, 0.05) is 9.13 Å². The average molecular weight is 329 g/mol. The molecule has 1 amide bonds. The van der Waals surface area contributed by atoms with Crippen LogP contribution in [0.15, 0.2) is 24.3 Å². The first-order valence-electron chi connectivity index (χ1n) is 3.99. The van der Waals surface area contributed by atoms with Crippen molar-refractivity contribution < 1.29 is 18.0 Å². The predicted molar refractivity (Wildman–Crippen MR) is 57.5 cm³/mol. The number of carbonyl (C=O) groups excluding carboxylic acids is 1. The van der Waals surface area contributed by atoms with Crippen LogP contribution in [0.2, 0.25) is 0 Å². The summed E-state index contributed by atoms with van der Waals surface area (Å²) in [5.41, 5.74) is 0.222. The van der Waals surface area contributed by atoms with Gasteiger partial charge in [0.1, 0.15) is 6.54 Å². The molecule has 82 valence electrons. The Balaban J connectivity index is 2.58. The van der Waals surface area contributed by atoms with Crippen LogP contribution in [0, 0.1) is 3.57 Å². The third-order valence-corrected chi connectivity index (χ3v) is 2.27. The first-order valence-corrected chi connectivity index (χ1v) is 5.07. The van der Waals surface area contributed by atoms with Gasteiger partial charge < -0.3 is 5.32 Å². The molecule has 1 aromatic carbocycles. The molecule has 0 radical (unpaired) electrons. The Morgan fingerprint density at radius 2 is 1.80 bits per heavy atom. The van der Waals surface area contributed by atoms with Crippen LogP contribution < -0.4 is 5.32 Å². The molecule has 0 saturated heterocycles. The fourth-order valence-electron chi connectivity index (χ4n) is 0.884. The molecular formula is C9H7F3INO. The Hall–Kier alpha value is -0.790. The third kappa shape index (κ3) is 4.50. The molecule has 0 spiro atoms. The Kier molecular flexibility index (Phi) is 3.95. The predicted octanol–water partition coefficient (Wildman–Crippen LogP) is 2.58. The lowest BCUT2D eigenvalue weighted by Crippen LogP contribution is -2.33. The zero-order valence-electron chi connectivity index (χ0n) is 7.44. The molecule has 2 nitrogen and oxygen atoms in total. The van der Waals surface area contributed by atoms with Gasteiger partial charge in [0.2, 0.25) is 0 Å². The van der Waals surface area contributed by atoms with E-state index in [1.165, 1.54) is 12.1 Å². The van der Waals surface area contributed by atoms with Crippen LogP contribution in [0.3, 0.4) is 0 Å². The molecule has 0 aliphatic carbocycles. The molecule has 0 aliphatic heterocycles. The standard InChI is InChI=1S/C9H7F3INO/c10-9(11,12)5-14-8(15)6-1-3-7(13)4-2-6/h1-4H,5H2,(H,14,15). The minimum absolute atomic E-state index is 0.222. The van der Waals surface area contributed by atoms with E-state index in [1.54, 1.807) is 17.4 Å². The maximum atomic E-state index is 11.8. The topological polar surface area (TPSA) is 29.1 Å². The van der Waals surface area contributed by atoms with Crippen LogP contribution in [0.5, 0.6) is 0 Å². The lowest BCUT2D eigenvalue weighted by atomic mass is 10.2. The van der Waals surface area contributed by atoms with Crippen LogP contribution in [-0.2, 0) is 0 Å². The second kappa shape index (κ2) is 4.82. The molecule has 1 rings (SSSR count). The van der Waals surface area contributed by atoms with E-state index >= 15 is 0 Å². The number of amides is 1. The monoisotopic (exact) mass is 329 g/mol. The van der Waals surface area contributed by atoms with E-state index < -0.39 is 18.6 Å². The largest absolute Gasteiger partial charge is 0.405 e. The molecule has 0 unspecified atom stereocenters. The summed E-state index contributed by atoms with van der Waals surface area (Å²) in [5, 5.41) is 1.79. The highest BCUT2D eigenvalue weighted by molar-refractivity contribution is 14.1. The van der Waals surface area contributed by atoms with E-state index in [-0.39, 0.29) is 5.56 Å². The van der Waals surface area contributed by atoms with Gasteiger partial charge in [-0.3, -0.25) is 4.79 Å². The molecular weight excluding hydrogens is 322 g/mol. The number of rotatable bonds is 2. The van der Waals surface area contributed by atoms with Gasteiger partial charge in [0.15, 0.2) is 0 Å². The fraction of sp³-hybridized carbons (Fsp3) is 0.222. The lowest BCUT2D eigenvalue weighted by molar-refractivity contribution is -0.123. The van der Waals surface area contributed by atoms with Crippen molar-refractivity contribution >= 4 is 28.5 Å². The molecule has 6 heteroatoms. The SMILES string of the molecule is O=C(NCC(F)(F)F)c1ccc(I)cc1. The second-order valence-corrected chi connectivity index (χ2v) is 4.05. The maximum Gasteiger partial charge on any atom is 0.405 e. The summed E-state index contributed by atoms with van der Waals surface area (Å²) in [7, 11) is 0. The normalized spacial score (nSPS) is 11.2. The highest BCUT2D eigenvalue weighted by Crippen LogP contribution is 2.13. The zero-order chi connectivity index (χ0) is 11.5. The smallest absolute Gasteiger partial charge is 0.343 e. The van der Waals surface area contributed by atoms with E-state index in [4.69, 9.17) is 0 Å². The summed E-state index contributed by atoms with van der Waals surface area (Å²) in [5.74, 6) is -0.719. The quantitative estimate of drug-likeness (QED) is 0.831. The summed E-state index contributed by atoms with van der Waals surface area (Å²) in [6.45, 7) is -1.31. The molecule has 15 heavy (non-hydrogen) atoms. The summed E-state index contributed by atoms with van der Waals surface area (Å²) in [4.78, 5) is 11.2. The van der Waals surface area contributed by atoms with Gasteiger partial charge in [-0.15, -0.1) is 0 Å². The van der Waals surface area contributed by atoms with Crippen molar-refractivity contribution in [1.29, 1.82) is 0 Å². The summed E-state index contributed by atoms with van der Waals surface area (Å²) >= 11 is 2.04. The molecule has 0 bridgehead atoms. The second-order valence-electron chi connectivity index (χ2n) is 2.80. The number of benzene rings is 1. The molecule has 0 heterocycles. The van der Waals surface area contributed by atoms with E-state index in [2.05, 4.69) is 0 Å². The van der Waals surface area contributed by atoms with Gasteiger partial charge in [-0.2, -0.15) is 13.2 Å². The van der Waals surface area contributed by atoms with Crippen LogP contribution in [-0.4, -0.2) is 18.6 Å². The highest BCUT2D eigenvalue weighted by Gasteiger charge is 2.27. The number of hydrogen-bond acceptors (Lipinski definition) is 1. The molecule has 0 saturated carbocycles. The molecule has 0 atom stereocenters.